The SMILES string of the molecule is CCCc1ccccc1Oc1ccc(C(=O)C(F)(F)C(F)(F)C(F)(F)C(F)(F)C(F)(F)C(=O)c2ccc(Oc3ccccc3CCC)cc2CCC)c(CCC)c1. The van der Waals surface area contributed by atoms with Crippen LogP contribution in [0.3, 0.4) is 0 Å². The number of carbonyl (C=O) groups is 2. The summed E-state index contributed by atoms with van der Waals surface area (Å²) in [7, 11) is 0. The second-order valence-corrected chi connectivity index (χ2v) is 13.6. The third kappa shape index (κ3) is 8.69. The highest BCUT2D eigenvalue weighted by atomic mass is 19.4. The van der Waals surface area contributed by atoms with Gasteiger partial charge in [0.25, 0.3) is 0 Å². The van der Waals surface area contributed by atoms with Crippen molar-refractivity contribution in [3.8, 4) is 23.0 Å². The lowest BCUT2D eigenvalue weighted by molar-refractivity contribution is -0.383. The van der Waals surface area contributed by atoms with Crippen LogP contribution in [0.1, 0.15) is 96.3 Å². The van der Waals surface area contributed by atoms with Crippen molar-refractivity contribution in [2.45, 2.75) is 109 Å². The van der Waals surface area contributed by atoms with E-state index in [4.69, 9.17) is 9.47 Å². The van der Waals surface area contributed by atoms with Crippen molar-refractivity contribution in [2.75, 3.05) is 0 Å². The van der Waals surface area contributed by atoms with E-state index in [-0.39, 0.29) is 48.3 Å². The third-order valence-electron chi connectivity index (χ3n) is 9.27. The molecule has 14 heteroatoms. The highest BCUT2D eigenvalue weighted by Gasteiger charge is 2.88. The Bertz CT molecular complexity index is 1900. The van der Waals surface area contributed by atoms with E-state index in [1.54, 1.807) is 48.5 Å². The molecule has 0 atom stereocenters. The molecule has 0 aliphatic rings. The van der Waals surface area contributed by atoms with Crippen LogP contribution in [0.5, 0.6) is 23.0 Å². The van der Waals surface area contributed by atoms with Gasteiger partial charge in [-0.1, -0.05) is 89.8 Å². The predicted octanol–water partition coefficient (Wildman–Crippen LogP) is 13.3. The van der Waals surface area contributed by atoms with Crippen molar-refractivity contribution in [2.24, 2.45) is 0 Å². The smallest absolute Gasteiger partial charge is 0.386 e. The molecular weight excluding hydrogens is 770 g/mol. The monoisotopic (exact) mass is 812 g/mol. The van der Waals surface area contributed by atoms with E-state index in [9.17, 15) is 9.59 Å². The molecule has 4 rings (SSSR count). The van der Waals surface area contributed by atoms with Crippen LogP contribution < -0.4 is 9.47 Å². The van der Waals surface area contributed by atoms with Crippen molar-refractivity contribution in [1.82, 2.24) is 0 Å². The number of alkyl halides is 10. The van der Waals surface area contributed by atoms with Gasteiger partial charge in [-0.3, -0.25) is 9.59 Å². The molecule has 57 heavy (non-hydrogen) atoms. The summed E-state index contributed by atoms with van der Waals surface area (Å²) in [6, 6.07) is 18.5. The molecule has 0 fully saturated rings. The van der Waals surface area contributed by atoms with Gasteiger partial charge in [-0.2, -0.15) is 43.9 Å². The Hall–Kier alpha value is -4.88. The number of para-hydroxylation sites is 2. The first-order valence-corrected chi connectivity index (χ1v) is 18.5. The maximum absolute atomic E-state index is 15.4. The molecule has 4 aromatic rings. The lowest BCUT2D eigenvalue weighted by Crippen LogP contribution is -2.70. The fourth-order valence-electron chi connectivity index (χ4n) is 6.29. The molecule has 0 amide bonds. The lowest BCUT2D eigenvalue weighted by Gasteiger charge is -2.38. The van der Waals surface area contributed by atoms with Gasteiger partial charge in [0.2, 0.25) is 11.6 Å². The van der Waals surface area contributed by atoms with Gasteiger partial charge in [-0.15, -0.1) is 0 Å². The van der Waals surface area contributed by atoms with Gasteiger partial charge in [0.15, 0.2) is 0 Å². The maximum atomic E-state index is 15.4. The average molecular weight is 813 g/mol. The van der Waals surface area contributed by atoms with Gasteiger partial charge in [0.1, 0.15) is 23.0 Å². The zero-order chi connectivity index (χ0) is 42.4. The largest absolute Gasteiger partial charge is 0.457 e. The minimum absolute atomic E-state index is 0.0491. The first kappa shape index (κ1) is 44.8. The number of aryl methyl sites for hydroxylation is 4. The minimum Gasteiger partial charge on any atom is -0.457 e. The fraction of sp³-hybridized carbons (Fsp3) is 0.395. The van der Waals surface area contributed by atoms with E-state index in [1.165, 1.54) is 13.8 Å². The van der Waals surface area contributed by atoms with Crippen LogP contribution in [-0.2, 0) is 25.7 Å². The van der Waals surface area contributed by atoms with Crippen LogP contribution in [0, 0.1) is 0 Å². The van der Waals surface area contributed by atoms with Crippen molar-refractivity contribution in [1.29, 1.82) is 0 Å². The Morgan fingerprint density at radius 2 is 0.754 bits per heavy atom. The number of benzene rings is 4. The van der Waals surface area contributed by atoms with Crippen LogP contribution in [-0.4, -0.2) is 41.2 Å². The third-order valence-corrected chi connectivity index (χ3v) is 9.27. The van der Waals surface area contributed by atoms with E-state index in [1.807, 2.05) is 13.8 Å². The molecule has 4 nitrogen and oxygen atoms in total. The second-order valence-electron chi connectivity index (χ2n) is 13.6. The van der Waals surface area contributed by atoms with Gasteiger partial charge in [0, 0.05) is 11.1 Å². The van der Waals surface area contributed by atoms with Gasteiger partial charge in [-0.05, 0) is 96.5 Å². The molecule has 0 saturated heterocycles. The molecule has 0 aliphatic carbocycles. The summed E-state index contributed by atoms with van der Waals surface area (Å²) in [5.41, 5.74) is -1.77. The Balaban J connectivity index is 1.67. The van der Waals surface area contributed by atoms with E-state index >= 15 is 43.9 Å². The molecule has 0 aromatic heterocycles. The van der Waals surface area contributed by atoms with Gasteiger partial charge in [-0.25, -0.2) is 0 Å². The fourth-order valence-corrected chi connectivity index (χ4v) is 6.29. The highest BCUT2D eigenvalue weighted by Crippen LogP contribution is 2.58. The molecule has 0 saturated carbocycles. The molecular formula is C43H42F10O4. The number of hydrogen-bond donors (Lipinski definition) is 0. The second kappa shape index (κ2) is 17.7. The van der Waals surface area contributed by atoms with Gasteiger partial charge < -0.3 is 9.47 Å². The summed E-state index contributed by atoms with van der Waals surface area (Å²) < 4.78 is 165. The van der Waals surface area contributed by atoms with Crippen LogP contribution >= 0.6 is 0 Å². The van der Waals surface area contributed by atoms with Gasteiger partial charge >= 0.3 is 29.6 Å². The summed E-state index contributed by atoms with van der Waals surface area (Å²) in [4.78, 5) is 26.0. The zero-order valence-electron chi connectivity index (χ0n) is 31.7. The number of ether oxygens (including phenoxy) is 2. The van der Waals surface area contributed by atoms with Crippen LogP contribution in [0.4, 0.5) is 43.9 Å². The maximum Gasteiger partial charge on any atom is 0.386 e. The van der Waals surface area contributed by atoms with E-state index in [0.717, 1.165) is 48.2 Å². The van der Waals surface area contributed by atoms with E-state index in [0.29, 0.717) is 36.5 Å². The Morgan fingerprint density at radius 3 is 1.09 bits per heavy atom. The van der Waals surface area contributed by atoms with Crippen LogP contribution in [0.2, 0.25) is 0 Å². The van der Waals surface area contributed by atoms with Crippen molar-refractivity contribution >= 4 is 11.6 Å². The summed E-state index contributed by atoms with van der Waals surface area (Å²) >= 11 is 0. The predicted molar refractivity (Wildman–Crippen MR) is 195 cm³/mol. The van der Waals surface area contributed by atoms with Crippen LogP contribution in [0.15, 0.2) is 84.9 Å². The van der Waals surface area contributed by atoms with E-state index in [2.05, 4.69) is 0 Å². The molecule has 0 heterocycles. The minimum atomic E-state index is -7.66. The number of ketones is 2. The van der Waals surface area contributed by atoms with Crippen LogP contribution in [0.25, 0.3) is 0 Å². The highest BCUT2D eigenvalue weighted by molar-refractivity contribution is 6.04. The first-order chi connectivity index (χ1) is 26.7. The standard InChI is InChI=1S/C43H42F10O4/c1-5-13-27-17-9-11-19-35(27)56-31-21-23-33(29(25-31)15-7-3)37(54)39(44,45)41(48,49)43(52,53)42(50,51)40(46,47)38(55)34-24-22-32(26-30(34)16-8-4)57-36-20-12-10-18-28(36)14-6-2/h9-12,17-26H,5-8,13-16H2,1-4H3. The molecule has 4 aromatic carbocycles. The summed E-state index contributed by atoms with van der Waals surface area (Å²) in [6.07, 6.45) is 2.30. The number of carbonyl (C=O) groups excluding carboxylic acids is 2. The number of halogens is 10. The van der Waals surface area contributed by atoms with E-state index < -0.39 is 52.3 Å². The summed E-state index contributed by atoms with van der Waals surface area (Å²) in [5.74, 6) is -41.4. The number of hydrogen-bond acceptors (Lipinski definition) is 4. The Labute approximate surface area is 324 Å². The molecule has 0 spiro atoms. The quantitative estimate of drug-likeness (QED) is 0.0659. The Kier molecular flexibility index (Phi) is 13.9. The molecule has 0 bridgehead atoms. The van der Waals surface area contributed by atoms with Gasteiger partial charge in [0.05, 0.1) is 0 Å². The topological polar surface area (TPSA) is 52.6 Å². The normalized spacial score (nSPS) is 12.7. The summed E-state index contributed by atoms with van der Waals surface area (Å²) in [5, 5.41) is 0. The lowest BCUT2D eigenvalue weighted by atomic mass is 9.86. The number of rotatable bonds is 20. The first-order valence-electron chi connectivity index (χ1n) is 18.5. The molecule has 0 N–H and O–H groups in total. The van der Waals surface area contributed by atoms with Crippen molar-refractivity contribution < 1.29 is 63.0 Å². The molecule has 308 valence electrons. The van der Waals surface area contributed by atoms with Crippen molar-refractivity contribution in [3.63, 3.8) is 0 Å². The number of Topliss-reactive ketones (excluding diaryl/α,β-unsaturated/α-hetero) is 2. The average Bonchev–Trinajstić information content (AvgIpc) is 3.16. The van der Waals surface area contributed by atoms with Crippen molar-refractivity contribution in [3.05, 3.63) is 118 Å². The molecule has 0 unspecified atom stereocenters. The molecule has 0 radical (unpaired) electrons. The zero-order valence-corrected chi connectivity index (χ0v) is 31.7. The summed E-state index contributed by atoms with van der Waals surface area (Å²) in [6.45, 7) is 6.83. The molecule has 0 aliphatic heterocycles. The Morgan fingerprint density at radius 1 is 0.439 bits per heavy atom.